The lowest BCUT2D eigenvalue weighted by Crippen LogP contribution is -2.46. The number of fused-ring (bicyclic) bond motifs is 1. The largest absolute Gasteiger partial charge is 0.490 e. The van der Waals surface area contributed by atoms with Crippen molar-refractivity contribution in [2.45, 2.75) is 39.3 Å². The minimum absolute atomic E-state index is 0. The topological polar surface area (TPSA) is 64.8 Å². The third-order valence-corrected chi connectivity index (χ3v) is 4.81. The maximum absolute atomic E-state index is 12.8. The molecule has 5 nitrogen and oxygen atoms in total. The fourth-order valence-corrected chi connectivity index (χ4v) is 3.48. The van der Waals surface area contributed by atoms with Crippen LogP contribution in [0, 0.1) is 0 Å². The second-order valence-corrected chi connectivity index (χ2v) is 6.74. The Morgan fingerprint density at radius 3 is 2.29 bits per heavy atom. The summed E-state index contributed by atoms with van der Waals surface area (Å²) in [7, 11) is 0. The number of nitrogens with two attached hydrogens (primary N) is 1. The highest BCUT2D eigenvalue weighted by Crippen LogP contribution is 2.34. The monoisotopic (exact) mass is 404 g/mol. The molecule has 0 spiro atoms. The number of halogens is 1. The van der Waals surface area contributed by atoms with Gasteiger partial charge in [0.05, 0.1) is 19.3 Å². The van der Waals surface area contributed by atoms with Crippen molar-refractivity contribution in [2.24, 2.45) is 5.73 Å². The Bertz CT molecular complexity index is 783. The lowest BCUT2D eigenvalue weighted by atomic mass is 9.97. The van der Waals surface area contributed by atoms with E-state index in [1.165, 1.54) is 5.56 Å². The highest BCUT2D eigenvalue weighted by Gasteiger charge is 2.26. The molecule has 28 heavy (non-hydrogen) atoms. The SMILES string of the molecule is CCOc1cc2c(cc1OCC)CN(C(=O)[C@@H](N)Cc1ccccc1)CC2.Cl. The van der Waals surface area contributed by atoms with Gasteiger partial charge in [-0.05, 0) is 55.5 Å². The van der Waals surface area contributed by atoms with Crippen LogP contribution in [0.5, 0.6) is 11.5 Å². The van der Waals surface area contributed by atoms with Crippen LogP contribution in [0.3, 0.4) is 0 Å². The first-order chi connectivity index (χ1) is 13.1. The zero-order valence-electron chi connectivity index (χ0n) is 16.5. The number of hydrogen-bond donors (Lipinski definition) is 1. The predicted octanol–water partition coefficient (Wildman–Crippen LogP) is 3.36. The molecular formula is C22H29ClN2O3. The normalized spacial score (nSPS) is 13.9. The van der Waals surface area contributed by atoms with E-state index in [9.17, 15) is 4.79 Å². The highest BCUT2D eigenvalue weighted by atomic mass is 35.5. The average Bonchev–Trinajstić information content (AvgIpc) is 2.68. The molecule has 0 saturated carbocycles. The van der Waals surface area contributed by atoms with Crippen molar-refractivity contribution in [2.75, 3.05) is 19.8 Å². The molecule has 2 aromatic carbocycles. The van der Waals surface area contributed by atoms with Crippen LogP contribution in [0.4, 0.5) is 0 Å². The molecule has 152 valence electrons. The third-order valence-electron chi connectivity index (χ3n) is 4.81. The van der Waals surface area contributed by atoms with Crippen molar-refractivity contribution in [3.05, 3.63) is 59.2 Å². The number of ether oxygens (including phenoxy) is 2. The van der Waals surface area contributed by atoms with Crippen LogP contribution in [0.15, 0.2) is 42.5 Å². The van der Waals surface area contributed by atoms with Gasteiger partial charge in [0.15, 0.2) is 11.5 Å². The van der Waals surface area contributed by atoms with E-state index in [0.717, 1.165) is 29.0 Å². The molecule has 6 heteroatoms. The summed E-state index contributed by atoms with van der Waals surface area (Å²) in [5.74, 6) is 1.51. The van der Waals surface area contributed by atoms with Gasteiger partial charge in [0.1, 0.15) is 0 Å². The van der Waals surface area contributed by atoms with Gasteiger partial charge in [-0.1, -0.05) is 30.3 Å². The summed E-state index contributed by atoms with van der Waals surface area (Å²) >= 11 is 0. The van der Waals surface area contributed by atoms with Gasteiger partial charge < -0.3 is 20.1 Å². The summed E-state index contributed by atoms with van der Waals surface area (Å²) in [5.41, 5.74) is 9.60. The number of benzene rings is 2. The van der Waals surface area contributed by atoms with Gasteiger partial charge in [-0.3, -0.25) is 4.79 Å². The van der Waals surface area contributed by atoms with Gasteiger partial charge in [-0.2, -0.15) is 0 Å². The van der Waals surface area contributed by atoms with E-state index >= 15 is 0 Å². The number of carbonyl (C=O) groups is 1. The van der Waals surface area contributed by atoms with Gasteiger partial charge in [-0.15, -0.1) is 12.4 Å². The number of carbonyl (C=O) groups excluding carboxylic acids is 1. The average molecular weight is 405 g/mol. The maximum Gasteiger partial charge on any atom is 0.240 e. The summed E-state index contributed by atoms with van der Waals surface area (Å²) in [6.07, 6.45) is 1.35. The van der Waals surface area contributed by atoms with Gasteiger partial charge >= 0.3 is 0 Å². The number of rotatable bonds is 7. The Labute approximate surface area is 173 Å². The Hall–Kier alpha value is -2.24. The molecule has 1 heterocycles. The van der Waals surface area contributed by atoms with E-state index in [-0.39, 0.29) is 18.3 Å². The number of amides is 1. The van der Waals surface area contributed by atoms with Crippen LogP contribution in [0.1, 0.15) is 30.5 Å². The molecule has 0 bridgehead atoms. The van der Waals surface area contributed by atoms with Gasteiger partial charge in [0, 0.05) is 13.1 Å². The van der Waals surface area contributed by atoms with Crippen molar-refractivity contribution >= 4 is 18.3 Å². The first-order valence-electron chi connectivity index (χ1n) is 9.62. The Kier molecular flexibility index (Phi) is 8.15. The molecule has 1 atom stereocenters. The molecule has 1 aliphatic rings. The van der Waals surface area contributed by atoms with Gasteiger partial charge in [-0.25, -0.2) is 0 Å². The molecule has 2 N–H and O–H groups in total. The smallest absolute Gasteiger partial charge is 0.240 e. The van der Waals surface area contributed by atoms with Crippen LogP contribution in [-0.2, 0) is 24.2 Å². The molecule has 0 aromatic heterocycles. The first-order valence-corrected chi connectivity index (χ1v) is 9.62. The zero-order chi connectivity index (χ0) is 19.2. The number of hydrogen-bond acceptors (Lipinski definition) is 4. The van der Waals surface area contributed by atoms with E-state index in [1.54, 1.807) is 0 Å². The quantitative estimate of drug-likeness (QED) is 0.768. The molecule has 0 radical (unpaired) electrons. The minimum Gasteiger partial charge on any atom is -0.490 e. The lowest BCUT2D eigenvalue weighted by molar-refractivity contribution is -0.133. The minimum atomic E-state index is -0.525. The first kappa shape index (κ1) is 22.1. The summed E-state index contributed by atoms with van der Waals surface area (Å²) in [4.78, 5) is 14.7. The van der Waals surface area contributed by atoms with Crippen LogP contribution < -0.4 is 15.2 Å². The third kappa shape index (κ3) is 5.18. The Morgan fingerprint density at radius 1 is 1.07 bits per heavy atom. The van der Waals surface area contributed by atoms with Crippen molar-refractivity contribution in [3.63, 3.8) is 0 Å². The van der Waals surface area contributed by atoms with E-state index in [4.69, 9.17) is 15.2 Å². The molecule has 0 saturated heterocycles. The van der Waals surface area contributed by atoms with Crippen LogP contribution >= 0.6 is 12.4 Å². The number of nitrogens with zero attached hydrogens (tertiary/aromatic N) is 1. The van der Waals surface area contributed by atoms with E-state index in [1.807, 2.05) is 55.1 Å². The molecule has 0 unspecified atom stereocenters. The molecule has 2 aromatic rings. The summed E-state index contributed by atoms with van der Waals surface area (Å²) in [6.45, 7) is 6.32. The highest BCUT2D eigenvalue weighted by molar-refractivity contribution is 5.85. The Morgan fingerprint density at radius 2 is 1.68 bits per heavy atom. The molecule has 0 aliphatic carbocycles. The lowest BCUT2D eigenvalue weighted by Gasteiger charge is -2.31. The standard InChI is InChI=1S/C22H28N2O3.ClH/c1-3-26-20-13-17-10-11-24(15-18(17)14-21(20)27-4-2)22(25)19(23)12-16-8-6-5-7-9-16;/h5-9,13-14,19H,3-4,10-12,15,23H2,1-2H3;1H/t19-;/m0./s1. The molecule has 1 amide bonds. The van der Waals surface area contributed by atoms with Crippen molar-refractivity contribution in [3.8, 4) is 11.5 Å². The molecule has 0 fully saturated rings. The summed E-state index contributed by atoms with van der Waals surface area (Å²) < 4.78 is 11.4. The maximum atomic E-state index is 12.8. The van der Waals surface area contributed by atoms with Crippen molar-refractivity contribution in [1.29, 1.82) is 0 Å². The summed E-state index contributed by atoms with van der Waals surface area (Å²) in [5, 5.41) is 0. The van der Waals surface area contributed by atoms with Gasteiger partial charge in [0.2, 0.25) is 5.91 Å². The second-order valence-electron chi connectivity index (χ2n) is 6.74. The Balaban J connectivity index is 0.00000280. The van der Waals surface area contributed by atoms with Crippen molar-refractivity contribution < 1.29 is 14.3 Å². The second kappa shape index (κ2) is 10.3. The fraction of sp³-hybridized carbons (Fsp3) is 0.409. The van der Waals surface area contributed by atoms with E-state index in [2.05, 4.69) is 6.07 Å². The molecular weight excluding hydrogens is 376 g/mol. The van der Waals surface area contributed by atoms with Crippen LogP contribution in [-0.4, -0.2) is 36.6 Å². The van der Waals surface area contributed by atoms with Crippen LogP contribution in [0.25, 0.3) is 0 Å². The zero-order valence-corrected chi connectivity index (χ0v) is 17.3. The van der Waals surface area contributed by atoms with Gasteiger partial charge in [0.25, 0.3) is 0 Å². The van der Waals surface area contributed by atoms with Crippen LogP contribution in [0.2, 0.25) is 0 Å². The van der Waals surface area contributed by atoms with E-state index in [0.29, 0.717) is 32.7 Å². The van der Waals surface area contributed by atoms with E-state index < -0.39 is 6.04 Å². The fourth-order valence-electron chi connectivity index (χ4n) is 3.48. The van der Waals surface area contributed by atoms with Crippen molar-refractivity contribution in [1.82, 2.24) is 4.90 Å². The molecule has 3 rings (SSSR count). The predicted molar refractivity (Wildman–Crippen MR) is 113 cm³/mol. The molecule has 1 aliphatic heterocycles. The summed E-state index contributed by atoms with van der Waals surface area (Å²) in [6, 6.07) is 13.4.